The van der Waals surface area contributed by atoms with Crippen molar-refractivity contribution in [1.29, 1.82) is 0 Å². The molecule has 1 aromatic rings. The van der Waals surface area contributed by atoms with Gasteiger partial charge >= 0.3 is 12.2 Å². The van der Waals surface area contributed by atoms with Gasteiger partial charge in [-0.25, -0.2) is 14.6 Å². The van der Waals surface area contributed by atoms with E-state index in [1.54, 1.807) is 17.1 Å². The molecule has 0 bridgehead atoms. The summed E-state index contributed by atoms with van der Waals surface area (Å²) in [5, 5.41) is 10.8. The number of rotatable bonds is 6. The molecule has 7 heteroatoms. The highest BCUT2D eigenvalue weighted by Crippen LogP contribution is 2.36. The van der Waals surface area contributed by atoms with Gasteiger partial charge < -0.3 is 9.84 Å². The maximum Gasteiger partial charge on any atom is 0.411 e. The van der Waals surface area contributed by atoms with Crippen LogP contribution in [0, 0.1) is 0 Å². The van der Waals surface area contributed by atoms with Gasteiger partial charge in [-0.1, -0.05) is 6.58 Å². The molecule has 1 fully saturated rings. The average Bonchev–Trinajstić information content (AvgIpc) is 3.37. The van der Waals surface area contributed by atoms with Gasteiger partial charge in [-0.3, -0.25) is 10.2 Å². The first-order chi connectivity index (χ1) is 12.6. The lowest BCUT2D eigenvalue weighted by Crippen LogP contribution is -2.39. The molecule has 1 unspecified atom stereocenters. The van der Waals surface area contributed by atoms with Crippen LogP contribution in [0.25, 0.3) is 12.2 Å². The number of amides is 2. The van der Waals surface area contributed by atoms with Gasteiger partial charge in [0.25, 0.3) is 0 Å². The second-order valence-electron chi connectivity index (χ2n) is 7.53. The molecule has 146 valence electrons. The molecular formula is C20H27N3O4. The predicted octanol–water partition coefficient (Wildman–Crippen LogP) is 4.42. The number of pyridine rings is 1. The molecule has 2 rings (SSSR count). The van der Waals surface area contributed by atoms with Crippen molar-refractivity contribution in [3.63, 3.8) is 0 Å². The van der Waals surface area contributed by atoms with Crippen molar-refractivity contribution in [2.75, 3.05) is 0 Å². The molecule has 1 aromatic heterocycles. The summed E-state index contributed by atoms with van der Waals surface area (Å²) >= 11 is 0. The molecule has 1 atom stereocenters. The highest BCUT2D eigenvalue weighted by atomic mass is 16.6. The van der Waals surface area contributed by atoms with Crippen molar-refractivity contribution in [3.05, 3.63) is 41.9 Å². The van der Waals surface area contributed by atoms with Gasteiger partial charge in [-0.15, -0.1) is 0 Å². The third-order valence-electron chi connectivity index (χ3n) is 4.00. The zero-order chi connectivity index (χ0) is 20.2. The van der Waals surface area contributed by atoms with Crippen LogP contribution in [0.5, 0.6) is 0 Å². The van der Waals surface area contributed by atoms with Gasteiger partial charge in [-0.2, -0.15) is 0 Å². The van der Waals surface area contributed by atoms with Crippen molar-refractivity contribution in [3.8, 4) is 0 Å². The van der Waals surface area contributed by atoms with E-state index < -0.39 is 11.7 Å². The van der Waals surface area contributed by atoms with Gasteiger partial charge in [0, 0.05) is 12.2 Å². The number of hydrogen-bond donors (Lipinski definition) is 2. The molecule has 0 aliphatic heterocycles. The van der Waals surface area contributed by atoms with Crippen molar-refractivity contribution >= 4 is 24.3 Å². The van der Waals surface area contributed by atoms with Crippen LogP contribution in [0.15, 0.2) is 24.9 Å². The largest absolute Gasteiger partial charge is 0.465 e. The zero-order valence-electron chi connectivity index (χ0n) is 16.2. The van der Waals surface area contributed by atoms with Gasteiger partial charge in [0.15, 0.2) is 0 Å². The second kappa shape index (κ2) is 8.24. The van der Waals surface area contributed by atoms with Crippen molar-refractivity contribution in [2.24, 2.45) is 0 Å². The minimum absolute atomic E-state index is 0.169. The summed E-state index contributed by atoms with van der Waals surface area (Å²) in [6, 6.07) is 3.66. The molecule has 1 heterocycles. The number of aromatic nitrogens is 1. The fourth-order valence-corrected chi connectivity index (χ4v) is 2.68. The highest BCUT2D eigenvalue weighted by molar-refractivity contribution is 5.70. The highest BCUT2D eigenvalue weighted by Gasteiger charge is 2.38. The van der Waals surface area contributed by atoms with E-state index >= 15 is 0 Å². The first-order valence-corrected chi connectivity index (χ1v) is 8.92. The van der Waals surface area contributed by atoms with Crippen LogP contribution in [0.2, 0.25) is 0 Å². The number of ether oxygens (including phenoxy) is 1. The topological polar surface area (TPSA) is 91.8 Å². The van der Waals surface area contributed by atoms with Crippen LogP contribution in [0.3, 0.4) is 0 Å². The van der Waals surface area contributed by atoms with E-state index in [0.29, 0.717) is 11.4 Å². The summed E-state index contributed by atoms with van der Waals surface area (Å²) in [4.78, 5) is 29.5. The summed E-state index contributed by atoms with van der Waals surface area (Å²) < 4.78 is 5.58. The number of hydrogen-bond acceptors (Lipinski definition) is 4. The third-order valence-corrected chi connectivity index (χ3v) is 4.00. The van der Waals surface area contributed by atoms with Crippen LogP contribution in [-0.4, -0.2) is 38.8 Å². The van der Waals surface area contributed by atoms with Crippen molar-refractivity contribution < 1.29 is 19.4 Å². The minimum Gasteiger partial charge on any atom is -0.465 e. The van der Waals surface area contributed by atoms with Crippen molar-refractivity contribution in [2.45, 2.75) is 58.2 Å². The van der Waals surface area contributed by atoms with Gasteiger partial charge in [0.2, 0.25) is 0 Å². The minimum atomic E-state index is -1.15. The summed E-state index contributed by atoms with van der Waals surface area (Å²) in [5.74, 6) is 0. The van der Waals surface area contributed by atoms with Gasteiger partial charge in [0.05, 0.1) is 17.4 Å². The molecule has 0 radical (unpaired) electrons. The van der Waals surface area contributed by atoms with Crippen LogP contribution in [0.4, 0.5) is 9.59 Å². The van der Waals surface area contributed by atoms with Crippen LogP contribution in [-0.2, 0) is 4.74 Å². The molecule has 1 aliphatic carbocycles. The summed E-state index contributed by atoms with van der Waals surface area (Å²) in [6.07, 6.45) is 4.91. The van der Waals surface area contributed by atoms with E-state index in [9.17, 15) is 9.59 Å². The third kappa shape index (κ3) is 6.13. The van der Waals surface area contributed by atoms with E-state index in [1.807, 2.05) is 39.8 Å². The van der Waals surface area contributed by atoms with Gasteiger partial charge in [0.1, 0.15) is 5.60 Å². The molecule has 0 saturated heterocycles. The number of carbonyl (C=O) groups is 2. The van der Waals surface area contributed by atoms with Crippen molar-refractivity contribution in [1.82, 2.24) is 15.2 Å². The standard InChI is InChI=1S/C20H27N3O4/c1-6-15-11-14(12-16(22-15)9-10-21-18(24)25)13(2)23(17-7-8-17)19(26)27-20(3,4)5/h6,9-13,17,21H,1,7-8H2,2-5H3,(H,24,25). The molecule has 27 heavy (non-hydrogen) atoms. The maximum absolute atomic E-state index is 12.7. The van der Waals surface area contributed by atoms with Gasteiger partial charge in [-0.05, 0) is 70.4 Å². The Balaban J connectivity index is 2.30. The lowest BCUT2D eigenvalue weighted by molar-refractivity contribution is 0.0153. The van der Waals surface area contributed by atoms with E-state index in [4.69, 9.17) is 9.84 Å². The number of nitrogens with zero attached hydrogens (tertiary/aromatic N) is 2. The molecule has 2 N–H and O–H groups in total. The first-order valence-electron chi connectivity index (χ1n) is 8.92. The predicted molar refractivity (Wildman–Crippen MR) is 104 cm³/mol. The zero-order valence-corrected chi connectivity index (χ0v) is 16.2. The number of nitrogens with one attached hydrogen (secondary N) is 1. The summed E-state index contributed by atoms with van der Waals surface area (Å²) in [7, 11) is 0. The SMILES string of the molecule is C=Cc1cc(C(C)N(C(=O)OC(C)(C)C)C2CC2)cc(C=CNC(=O)O)n1. The molecule has 0 aromatic carbocycles. The Morgan fingerprint density at radius 3 is 2.52 bits per heavy atom. The first kappa shape index (κ1) is 20.5. The molecular weight excluding hydrogens is 346 g/mol. The van der Waals surface area contributed by atoms with E-state index in [-0.39, 0.29) is 18.2 Å². The Labute approximate surface area is 159 Å². The Hall–Kier alpha value is -2.83. The number of carboxylic acid groups (broad SMARTS) is 1. The lowest BCUT2D eigenvalue weighted by Gasteiger charge is -2.32. The fourth-order valence-electron chi connectivity index (χ4n) is 2.68. The smallest absolute Gasteiger partial charge is 0.411 e. The molecule has 2 amide bonds. The molecule has 1 saturated carbocycles. The molecule has 0 spiro atoms. The maximum atomic E-state index is 12.7. The summed E-state index contributed by atoms with van der Waals surface area (Å²) in [5.41, 5.74) is 1.54. The Bertz CT molecular complexity index is 748. The Morgan fingerprint density at radius 1 is 1.37 bits per heavy atom. The lowest BCUT2D eigenvalue weighted by atomic mass is 10.1. The Kier molecular flexibility index (Phi) is 6.25. The number of carbonyl (C=O) groups excluding carboxylic acids is 1. The molecule has 1 aliphatic rings. The molecule has 7 nitrogen and oxygen atoms in total. The second-order valence-corrected chi connectivity index (χ2v) is 7.53. The monoisotopic (exact) mass is 373 g/mol. The quantitative estimate of drug-likeness (QED) is 0.770. The Morgan fingerprint density at radius 2 is 2.00 bits per heavy atom. The van der Waals surface area contributed by atoms with Crippen LogP contribution < -0.4 is 5.32 Å². The fraction of sp³-hybridized carbons (Fsp3) is 0.450. The average molecular weight is 373 g/mol. The van der Waals surface area contributed by atoms with Crippen LogP contribution >= 0.6 is 0 Å². The summed E-state index contributed by atoms with van der Waals surface area (Å²) in [6.45, 7) is 11.3. The normalized spacial score (nSPS) is 15.3. The van der Waals surface area contributed by atoms with Crippen LogP contribution in [0.1, 0.15) is 63.5 Å². The van der Waals surface area contributed by atoms with E-state index in [2.05, 4.69) is 16.9 Å². The van der Waals surface area contributed by atoms with E-state index in [1.165, 1.54) is 6.20 Å². The van der Waals surface area contributed by atoms with E-state index in [0.717, 1.165) is 18.4 Å².